The second-order valence-electron chi connectivity index (χ2n) is 6.21. The van der Waals surface area contributed by atoms with Crippen LogP contribution in [0.1, 0.15) is 26.7 Å². The first-order valence-electron chi connectivity index (χ1n) is 7.98. The number of amides is 2. The number of carboxylic acid groups (broad SMARTS) is 1. The van der Waals surface area contributed by atoms with Crippen molar-refractivity contribution >= 4 is 29.2 Å². The molecule has 0 saturated heterocycles. The Labute approximate surface area is 140 Å². The molecule has 2 rings (SSSR count). The number of hydrogen-bond donors (Lipinski definition) is 3. The fourth-order valence-electron chi connectivity index (χ4n) is 2.57. The number of carbonyl (C=O) groups excluding carboxylic acids is 2. The standard InChI is InChI=1S/C18H22N2O4/c1-11(2)16(21)19-12-6-5-7-13(10-12)20-17(22)14-8-3-4-9-15(14)18(23)24/h3-7,10-11,14-15H,8-9H2,1-2H3,(H,19,21)(H,20,22)(H,23,24)/t14-,15+/m1/s1. The summed E-state index contributed by atoms with van der Waals surface area (Å²) in [5.41, 5.74) is 1.12. The second-order valence-corrected chi connectivity index (χ2v) is 6.21. The van der Waals surface area contributed by atoms with Gasteiger partial charge in [0, 0.05) is 17.3 Å². The molecule has 0 saturated carbocycles. The molecule has 6 heteroatoms. The molecule has 6 nitrogen and oxygen atoms in total. The Morgan fingerprint density at radius 3 is 2.21 bits per heavy atom. The number of carboxylic acids is 1. The summed E-state index contributed by atoms with van der Waals surface area (Å²) < 4.78 is 0. The van der Waals surface area contributed by atoms with E-state index in [9.17, 15) is 19.5 Å². The Hall–Kier alpha value is -2.63. The van der Waals surface area contributed by atoms with E-state index < -0.39 is 17.8 Å². The molecule has 0 aromatic heterocycles. The Morgan fingerprint density at radius 1 is 1.04 bits per heavy atom. The Bertz CT molecular complexity index is 667. The molecule has 0 radical (unpaired) electrons. The zero-order valence-corrected chi connectivity index (χ0v) is 13.8. The van der Waals surface area contributed by atoms with Crippen molar-refractivity contribution in [3.63, 3.8) is 0 Å². The first-order valence-corrected chi connectivity index (χ1v) is 7.98. The first kappa shape index (κ1) is 17.7. The van der Waals surface area contributed by atoms with E-state index in [1.807, 2.05) is 6.08 Å². The Balaban J connectivity index is 2.07. The minimum atomic E-state index is -0.961. The van der Waals surface area contributed by atoms with E-state index >= 15 is 0 Å². The van der Waals surface area contributed by atoms with E-state index in [4.69, 9.17) is 0 Å². The highest BCUT2D eigenvalue weighted by molar-refractivity contribution is 5.97. The zero-order valence-electron chi connectivity index (χ0n) is 13.8. The minimum Gasteiger partial charge on any atom is -0.481 e. The molecule has 0 spiro atoms. The van der Waals surface area contributed by atoms with Crippen LogP contribution < -0.4 is 10.6 Å². The number of carbonyl (C=O) groups is 3. The lowest BCUT2D eigenvalue weighted by molar-refractivity contribution is -0.146. The number of rotatable bonds is 5. The van der Waals surface area contributed by atoms with Gasteiger partial charge in [0.1, 0.15) is 0 Å². The average molecular weight is 330 g/mol. The summed E-state index contributed by atoms with van der Waals surface area (Å²) in [6.45, 7) is 3.59. The summed E-state index contributed by atoms with van der Waals surface area (Å²) in [5, 5.41) is 14.8. The van der Waals surface area contributed by atoms with Crippen molar-refractivity contribution in [3.05, 3.63) is 36.4 Å². The van der Waals surface area contributed by atoms with Gasteiger partial charge in [-0.2, -0.15) is 0 Å². The molecule has 0 heterocycles. The Kier molecular flexibility index (Phi) is 5.73. The van der Waals surface area contributed by atoms with Crippen LogP contribution in [-0.4, -0.2) is 22.9 Å². The molecule has 24 heavy (non-hydrogen) atoms. The van der Waals surface area contributed by atoms with Gasteiger partial charge < -0.3 is 15.7 Å². The zero-order chi connectivity index (χ0) is 17.7. The molecule has 1 aliphatic carbocycles. The third-order valence-electron chi connectivity index (χ3n) is 4.01. The van der Waals surface area contributed by atoms with E-state index in [0.29, 0.717) is 24.2 Å². The molecule has 1 aromatic carbocycles. The van der Waals surface area contributed by atoms with Gasteiger partial charge in [-0.05, 0) is 31.0 Å². The highest BCUT2D eigenvalue weighted by atomic mass is 16.4. The predicted octanol–water partition coefficient (Wildman–Crippen LogP) is 2.89. The second kappa shape index (κ2) is 7.77. The van der Waals surface area contributed by atoms with Gasteiger partial charge in [0.05, 0.1) is 11.8 Å². The molecule has 0 unspecified atom stereocenters. The largest absolute Gasteiger partial charge is 0.481 e. The molecule has 128 valence electrons. The number of nitrogens with one attached hydrogen (secondary N) is 2. The molecule has 2 atom stereocenters. The van der Waals surface area contributed by atoms with E-state index in [-0.39, 0.29) is 17.7 Å². The van der Waals surface area contributed by atoms with Crippen molar-refractivity contribution in [1.82, 2.24) is 0 Å². The molecule has 2 amide bonds. The number of benzene rings is 1. The van der Waals surface area contributed by atoms with Crippen LogP contribution in [0.25, 0.3) is 0 Å². The summed E-state index contributed by atoms with van der Waals surface area (Å²) in [6, 6.07) is 6.82. The van der Waals surface area contributed by atoms with Crippen LogP contribution in [-0.2, 0) is 14.4 Å². The lowest BCUT2D eigenvalue weighted by Crippen LogP contribution is -2.34. The summed E-state index contributed by atoms with van der Waals surface area (Å²) in [6.07, 6.45) is 4.40. The highest BCUT2D eigenvalue weighted by Gasteiger charge is 2.33. The van der Waals surface area contributed by atoms with Crippen molar-refractivity contribution in [3.8, 4) is 0 Å². The fourth-order valence-corrected chi connectivity index (χ4v) is 2.57. The van der Waals surface area contributed by atoms with E-state index in [1.54, 1.807) is 44.2 Å². The topological polar surface area (TPSA) is 95.5 Å². The molecular formula is C18H22N2O4. The van der Waals surface area contributed by atoms with Gasteiger partial charge in [0.2, 0.25) is 11.8 Å². The fraction of sp³-hybridized carbons (Fsp3) is 0.389. The lowest BCUT2D eigenvalue weighted by atomic mass is 9.82. The van der Waals surface area contributed by atoms with Crippen LogP contribution in [0.2, 0.25) is 0 Å². The number of anilines is 2. The quantitative estimate of drug-likeness (QED) is 0.723. The van der Waals surface area contributed by atoms with Crippen molar-refractivity contribution in [2.24, 2.45) is 17.8 Å². The third kappa shape index (κ3) is 4.44. The van der Waals surface area contributed by atoms with Crippen LogP contribution in [0.3, 0.4) is 0 Å². The first-order chi connectivity index (χ1) is 11.4. The van der Waals surface area contributed by atoms with E-state index in [0.717, 1.165) is 0 Å². The number of aliphatic carboxylic acids is 1. The smallest absolute Gasteiger partial charge is 0.307 e. The lowest BCUT2D eigenvalue weighted by Gasteiger charge is -2.24. The van der Waals surface area contributed by atoms with E-state index in [2.05, 4.69) is 10.6 Å². The van der Waals surface area contributed by atoms with Crippen LogP contribution in [0.15, 0.2) is 36.4 Å². The van der Waals surface area contributed by atoms with Gasteiger partial charge in [-0.1, -0.05) is 32.1 Å². The molecule has 1 aromatic rings. The summed E-state index contributed by atoms with van der Waals surface area (Å²) >= 11 is 0. The van der Waals surface area contributed by atoms with Crippen molar-refractivity contribution in [2.75, 3.05) is 10.6 Å². The number of hydrogen-bond acceptors (Lipinski definition) is 3. The van der Waals surface area contributed by atoms with Crippen LogP contribution in [0.5, 0.6) is 0 Å². The molecule has 0 aliphatic heterocycles. The normalized spacial score (nSPS) is 19.8. The van der Waals surface area contributed by atoms with Gasteiger partial charge in [0.15, 0.2) is 0 Å². The maximum absolute atomic E-state index is 12.4. The predicted molar refractivity (Wildman–Crippen MR) is 91.5 cm³/mol. The van der Waals surface area contributed by atoms with Crippen molar-refractivity contribution in [1.29, 1.82) is 0 Å². The van der Waals surface area contributed by atoms with Crippen molar-refractivity contribution < 1.29 is 19.5 Å². The summed E-state index contributed by atoms with van der Waals surface area (Å²) in [5.74, 6) is -2.84. The van der Waals surface area contributed by atoms with Crippen LogP contribution >= 0.6 is 0 Å². The molecular weight excluding hydrogens is 308 g/mol. The summed E-state index contributed by atoms with van der Waals surface area (Å²) in [4.78, 5) is 35.5. The third-order valence-corrected chi connectivity index (χ3v) is 4.01. The van der Waals surface area contributed by atoms with Gasteiger partial charge in [-0.3, -0.25) is 14.4 Å². The monoisotopic (exact) mass is 330 g/mol. The van der Waals surface area contributed by atoms with Gasteiger partial charge in [0.25, 0.3) is 0 Å². The van der Waals surface area contributed by atoms with Crippen molar-refractivity contribution in [2.45, 2.75) is 26.7 Å². The van der Waals surface area contributed by atoms with Gasteiger partial charge in [-0.15, -0.1) is 0 Å². The average Bonchev–Trinajstić information content (AvgIpc) is 2.55. The molecule has 3 N–H and O–H groups in total. The SMILES string of the molecule is CC(C)C(=O)Nc1cccc(NC(=O)[C@@H]2CC=CC[C@@H]2C(=O)O)c1. The maximum Gasteiger partial charge on any atom is 0.307 e. The van der Waals surface area contributed by atoms with Gasteiger partial charge in [-0.25, -0.2) is 0 Å². The Morgan fingerprint density at radius 2 is 1.62 bits per heavy atom. The molecule has 1 aliphatic rings. The maximum atomic E-state index is 12.4. The molecule has 0 bridgehead atoms. The van der Waals surface area contributed by atoms with Crippen LogP contribution in [0.4, 0.5) is 11.4 Å². The summed E-state index contributed by atoms with van der Waals surface area (Å²) in [7, 11) is 0. The minimum absolute atomic E-state index is 0.109. The molecule has 0 fully saturated rings. The van der Waals surface area contributed by atoms with Gasteiger partial charge >= 0.3 is 5.97 Å². The van der Waals surface area contributed by atoms with E-state index in [1.165, 1.54) is 0 Å². The number of allylic oxidation sites excluding steroid dienone is 2. The highest BCUT2D eigenvalue weighted by Crippen LogP contribution is 2.27. The van der Waals surface area contributed by atoms with Crippen LogP contribution in [0, 0.1) is 17.8 Å².